The van der Waals surface area contributed by atoms with Crippen molar-refractivity contribution >= 4 is 22.6 Å². The number of likely N-dealkylation sites (tertiary alicyclic amines) is 1. The summed E-state index contributed by atoms with van der Waals surface area (Å²) in [5.74, 6) is 1.25. The van der Waals surface area contributed by atoms with Crippen molar-refractivity contribution in [3.63, 3.8) is 0 Å². The van der Waals surface area contributed by atoms with Crippen LogP contribution in [-0.2, 0) is 9.59 Å². The molecule has 2 fully saturated rings. The number of rotatable bonds is 7. The molecule has 0 atom stereocenters. The molecule has 6 heteroatoms. The number of fused-ring (bicyclic) bond motifs is 1. The Morgan fingerprint density at radius 1 is 1.17 bits per heavy atom. The summed E-state index contributed by atoms with van der Waals surface area (Å²) in [4.78, 5) is 30.2. The van der Waals surface area contributed by atoms with Crippen molar-refractivity contribution in [1.29, 1.82) is 0 Å². The highest BCUT2D eigenvalue weighted by molar-refractivity contribution is 5.87. The highest BCUT2D eigenvalue weighted by Gasteiger charge is 2.24. The summed E-state index contributed by atoms with van der Waals surface area (Å²) in [6.07, 6.45) is 11.6. The monoisotopic (exact) mass is 409 g/mol. The fourth-order valence-corrected chi connectivity index (χ4v) is 4.53. The molecule has 6 nitrogen and oxygen atoms in total. The summed E-state index contributed by atoms with van der Waals surface area (Å²) in [7, 11) is 0. The largest absolute Gasteiger partial charge is 0.490 e. The number of ether oxygens (including phenoxy) is 1. The molecule has 160 valence electrons. The minimum absolute atomic E-state index is 0.102. The Morgan fingerprint density at radius 3 is 2.87 bits per heavy atom. The number of piperidine rings is 1. The summed E-state index contributed by atoms with van der Waals surface area (Å²) < 4.78 is 6.29. The molecule has 4 rings (SSSR count). The van der Waals surface area contributed by atoms with Gasteiger partial charge in [-0.2, -0.15) is 0 Å². The van der Waals surface area contributed by atoms with Crippen LogP contribution in [0.15, 0.2) is 36.7 Å². The Bertz CT molecular complexity index is 872. The zero-order valence-corrected chi connectivity index (χ0v) is 17.5. The Kier molecular flexibility index (Phi) is 6.82. The number of carbonyl (C=O) groups is 2. The van der Waals surface area contributed by atoms with Gasteiger partial charge in [-0.3, -0.25) is 14.6 Å². The number of carbonyl (C=O) groups excluding carboxylic acids is 2. The average molecular weight is 410 g/mol. The summed E-state index contributed by atoms with van der Waals surface area (Å²) in [6, 6.07) is 8.29. The second-order valence-corrected chi connectivity index (χ2v) is 8.45. The first-order valence-corrected chi connectivity index (χ1v) is 11.3. The SMILES string of the molecule is O=C(CCCN1CCCCC1=O)NC1CCC(Oc2cccc3cnccc23)CC1. The second-order valence-electron chi connectivity index (χ2n) is 8.45. The maximum atomic E-state index is 12.3. The van der Waals surface area contributed by atoms with Crippen LogP contribution in [0.3, 0.4) is 0 Å². The lowest BCUT2D eigenvalue weighted by Crippen LogP contribution is -2.40. The molecule has 2 aliphatic rings. The van der Waals surface area contributed by atoms with Crippen LogP contribution in [0.25, 0.3) is 10.8 Å². The van der Waals surface area contributed by atoms with Gasteiger partial charge in [-0.15, -0.1) is 0 Å². The van der Waals surface area contributed by atoms with Crippen LogP contribution in [0, 0.1) is 0 Å². The molecule has 1 aliphatic carbocycles. The predicted molar refractivity (Wildman–Crippen MR) is 116 cm³/mol. The first kappa shape index (κ1) is 20.6. The van der Waals surface area contributed by atoms with Gasteiger partial charge in [0.2, 0.25) is 11.8 Å². The molecule has 30 heavy (non-hydrogen) atoms. The lowest BCUT2D eigenvalue weighted by Gasteiger charge is -2.30. The lowest BCUT2D eigenvalue weighted by atomic mass is 9.92. The van der Waals surface area contributed by atoms with Crippen LogP contribution >= 0.6 is 0 Å². The number of hydrogen-bond acceptors (Lipinski definition) is 4. The summed E-state index contributed by atoms with van der Waals surface area (Å²) in [5, 5.41) is 5.35. The van der Waals surface area contributed by atoms with Gasteiger partial charge in [0.15, 0.2) is 0 Å². The minimum atomic E-state index is 0.102. The average Bonchev–Trinajstić information content (AvgIpc) is 2.77. The Morgan fingerprint density at radius 2 is 2.03 bits per heavy atom. The van der Waals surface area contributed by atoms with Gasteiger partial charge in [0, 0.05) is 55.1 Å². The molecule has 1 aromatic heterocycles. The van der Waals surface area contributed by atoms with E-state index >= 15 is 0 Å². The standard InChI is InChI=1S/C24H31N3O3/c28-23(7-4-16-27-15-2-1-8-24(27)29)26-19-9-11-20(12-10-19)30-22-6-3-5-18-17-25-14-13-21(18)22/h3,5-6,13-14,17,19-20H,1-2,4,7-12,15-16H2,(H,26,28). The molecule has 1 saturated carbocycles. The van der Waals surface area contributed by atoms with Crippen molar-refractivity contribution in [3.05, 3.63) is 36.7 Å². The van der Waals surface area contributed by atoms with Gasteiger partial charge in [0.25, 0.3) is 0 Å². The van der Waals surface area contributed by atoms with Gasteiger partial charge in [0.05, 0.1) is 6.10 Å². The van der Waals surface area contributed by atoms with Crippen molar-refractivity contribution in [2.45, 2.75) is 69.9 Å². The summed E-state index contributed by atoms with van der Waals surface area (Å²) >= 11 is 0. The van der Waals surface area contributed by atoms with Gasteiger partial charge >= 0.3 is 0 Å². The normalized spacial score (nSPS) is 22.1. The van der Waals surface area contributed by atoms with Gasteiger partial charge in [-0.25, -0.2) is 0 Å². The Hall–Kier alpha value is -2.63. The van der Waals surface area contributed by atoms with Crippen LogP contribution in [0.4, 0.5) is 0 Å². The molecule has 1 aromatic carbocycles. The maximum Gasteiger partial charge on any atom is 0.222 e. The molecule has 0 spiro atoms. The molecule has 2 aromatic rings. The molecule has 2 amide bonds. The van der Waals surface area contributed by atoms with Crippen molar-refractivity contribution < 1.29 is 14.3 Å². The smallest absolute Gasteiger partial charge is 0.222 e. The molecular weight excluding hydrogens is 378 g/mol. The molecule has 0 bridgehead atoms. The van der Waals surface area contributed by atoms with Crippen LogP contribution in [0.1, 0.15) is 57.8 Å². The first-order chi connectivity index (χ1) is 14.7. The van der Waals surface area contributed by atoms with E-state index in [1.165, 1.54) is 0 Å². The number of benzene rings is 1. The van der Waals surface area contributed by atoms with Crippen LogP contribution < -0.4 is 10.1 Å². The van der Waals surface area contributed by atoms with E-state index in [9.17, 15) is 9.59 Å². The molecule has 2 heterocycles. The fourth-order valence-electron chi connectivity index (χ4n) is 4.53. The number of nitrogens with zero attached hydrogens (tertiary/aromatic N) is 2. The van der Waals surface area contributed by atoms with Crippen LogP contribution in [-0.4, -0.2) is 46.9 Å². The van der Waals surface area contributed by atoms with Gasteiger partial charge in [-0.1, -0.05) is 12.1 Å². The molecule has 1 N–H and O–H groups in total. The number of nitrogens with one attached hydrogen (secondary N) is 1. The highest BCUT2D eigenvalue weighted by Crippen LogP contribution is 2.29. The third-order valence-electron chi connectivity index (χ3n) is 6.23. The number of amides is 2. The zero-order valence-electron chi connectivity index (χ0n) is 17.5. The first-order valence-electron chi connectivity index (χ1n) is 11.3. The topological polar surface area (TPSA) is 71.5 Å². The van der Waals surface area contributed by atoms with Crippen molar-refractivity contribution in [2.24, 2.45) is 0 Å². The van der Waals surface area contributed by atoms with Gasteiger partial charge in [0.1, 0.15) is 5.75 Å². The van der Waals surface area contributed by atoms with Crippen molar-refractivity contribution in [1.82, 2.24) is 15.2 Å². The third kappa shape index (κ3) is 5.29. The molecule has 0 unspecified atom stereocenters. The van der Waals surface area contributed by atoms with E-state index in [1.807, 2.05) is 35.4 Å². The summed E-state index contributed by atoms with van der Waals surface area (Å²) in [6.45, 7) is 1.55. The molecular formula is C24H31N3O3. The molecule has 1 saturated heterocycles. The fraction of sp³-hybridized carbons (Fsp3) is 0.542. The highest BCUT2D eigenvalue weighted by atomic mass is 16.5. The summed E-state index contributed by atoms with van der Waals surface area (Å²) in [5.41, 5.74) is 0. The van der Waals surface area contributed by atoms with Crippen LogP contribution in [0.5, 0.6) is 5.75 Å². The van der Waals surface area contributed by atoms with Crippen LogP contribution in [0.2, 0.25) is 0 Å². The van der Waals surface area contributed by atoms with E-state index in [0.717, 1.165) is 68.0 Å². The maximum absolute atomic E-state index is 12.3. The quantitative estimate of drug-likeness (QED) is 0.754. The van der Waals surface area contributed by atoms with Gasteiger partial charge < -0.3 is 15.0 Å². The van der Waals surface area contributed by atoms with E-state index in [4.69, 9.17) is 4.74 Å². The van der Waals surface area contributed by atoms with E-state index in [2.05, 4.69) is 10.3 Å². The number of hydrogen-bond donors (Lipinski definition) is 1. The number of pyridine rings is 1. The van der Waals surface area contributed by atoms with E-state index in [-0.39, 0.29) is 24.0 Å². The van der Waals surface area contributed by atoms with Crippen molar-refractivity contribution in [2.75, 3.05) is 13.1 Å². The van der Waals surface area contributed by atoms with Gasteiger partial charge in [-0.05, 0) is 57.1 Å². The predicted octanol–water partition coefficient (Wildman–Crippen LogP) is 3.83. The lowest BCUT2D eigenvalue weighted by molar-refractivity contribution is -0.133. The second kappa shape index (κ2) is 9.92. The van der Waals surface area contributed by atoms with E-state index < -0.39 is 0 Å². The Balaban J connectivity index is 1.18. The number of aromatic nitrogens is 1. The molecule has 0 radical (unpaired) electrons. The van der Waals surface area contributed by atoms with E-state index in [0.29, 0.717) is 19.4 Å². The van der Waals surface area contributed by atoms with Crippen molar-refractivity contribution in [3.8, 4) is 5.75 Å². The Labute approximate surface area is 178 Å². The third-order valence-corrected chi connectivity index (χ3v) is 6.23. The molecule has 1 aliphatic heterocycles. The van der Waals surface area contributed by atoms with E-state index in [1.54, 1.807) is 6.20 Å². The zero-order chi connectivity index (χ0) is 20.8. The minimum Gasteiger partial charge on any atom is -0.490 e.